The number of hydrogen-bond donors (Lipinski definition) is 1. The molecule has 0 bridgehead atoms. The summed E-state index contributed by atoms with van der Waals surface area (Å²) in [5.74, 6) is 0.663. The summed E-state index contributed by atoms with van der Waals surface area (Å²) < 4.78 is 6.88. The molecule has 0 spiro atoms. The van der Waals surface area contributed by atoms with Gasteiger partial charge in [0.15, 0.2) is 5.72 Å². The minimum Gasteiger partial charge on any atom is -0.473 e. The van der Waals surface area contributed by atoms with E-state index < -0.39 is 17.0 Å². The van der Waals surface area contributed by atoms with Crippen LogP contribution < -0.4 is 11.2 Å². The van der Waals surface area contributed by atoms with Crippen LogP contribution in [0.3, 0.4) is 0 Å². The lowest BCUT2D eigenvalue weighted by Gasteiger charge is -2.25. The maximum atomic E-state index is 11.5. The molecule has 2 heterocycles. The van der Waals surface area contributed by atoms with E-state index in [1.54, 1.807) is 6.92 Å². The highest BCUT2D eigenvalue weighted by molar-refractivity contribution is 4.98. The third-order valence-electron chi connectivity index (χ3n) is 2.57. The number of H-pyrrole nitrogens is 1. The summed E-state index contributed by atoms with van der Waals surface area (Å²) in [7, 11) is 0. The van der Waals surface area contributed by atoms with E-state index in [-0.39, 0.29) is 0 Å². The van der Waals surface area contributed by atoms with Crippen LogP contribution in [0.5, 0.6) is 0 Å². The average molecular weight is 208 g/mol. The van der Waals surface area contributed by atoms with Crippen molar-refractivity contribution in [2.75, 3.05) is 0 Å². The molecule has 1 atom stereocenters. The topological polar surface area (TPSA) is 64.1 Å². The van der Waals surface area contributed by atoms with Crippen LogP contribution in [0.1, 0.15) is 19.8 Å². The maximum Gasteiger partial charge on any atom is 0.331 e. The van der Waals surface area contributed by atoms with Crippen LogP contribution in [0.15, 0.2) is 34.2 Å². The normalized spacial score (nSPS) is 25.3. The molecule has 1 aromatic rings. The summed E-state index contributed by atoms with van der Waals surface area (Å²) in [6.07, 6.45) is 2.85. The quantitative estimate of drug-likeness (QED) is 0.732. The summed E-state index contributed by atoms with van der Waals surface area (Å²) in [5, 5.41) is 0. The molecule has 80 valence electrons. The molecular weight excluding hydrogens is 196 g/mol. The Morgan fingerprint density at radius 1 is 1.60 bits per heavy atom. The van der Waals surface area contributed by atoms with Crippen LogP contribution in [0.25, 0.3) is 0 Å². The molecule has 1 aliphatic rings. The van der Waals surface area contributed by atoms with Crippen LogP contribution in [0.4, 0.5) is 0 Å². The van der Waals surface area contributed by atoms with Crippen LogP contribution in [-0.2, 0) is 10.5 Å². The van der Waals surface area contributed by atoms with Gasteiger partial charge in [0.1, 0.15) is 0 Å². The Kier molecular flexibility index (Phi) is 2.03. The first-order valence-electron chi connectivity index (χ1n) is 4.70. The second kappa shape index (κ2) is 3.12. The summed E-state index contributed by atoms with van der Waals surface area (Å²) in [6, 6.07) is 1.30. The van der Waals surface area contributed by atoms with E-state index in [0.717, 1.165) is 6.42 Å². The second-order valence-electron chi connectivity index (χ2n) is 3.80. The molecule has 5 heteroatoms. The highest BCUT2D eigenvalue weighted by atomic mass is 16.5. The van der Waals surface area contributed by atoms with Crippen LogP contribution >= 0.6 is 0 Å². The Morgan fingerprint density at radius 2 is 2.33 bits per heavy atom. The van der Waals surface area contributed by atoms with E-state index in [9.17, 15) is 9.59 Å². The molecule has 0 amide bonds. The molecule has 1 aromatic heterocycles. The van der Waals surface area contributed by atoms with Crippen molar-refractivity contribution in [3.8, 4) is 0 Å². The Labute approximate surface area is 86.0 Å². The number of ether oxygens (including phenoxy) is 1. The Bertz CT molecular complexity index is 514. The lowest BCUT2D eigenvalue weighted by atomic mass is 10.1. The first-order valence-corrected chi connectivity index (χ1v) is 4.70. The summed E-state index contributed by atoms with van der Waals surface area (Å²) in [5.41, 5.74) is -1.59. The van der Waals surface area contributed by atoms with E-state index >= 15 is 0 Å². The van der Waals surface area contributed by atoms with Gasteiger partial charge in [-0.25, -0.2) is 4.79 Å². The summed E-state index contributed by atoms with van der Waals surface area (Å²) >= 11 is 0. The molecule has 1 unspecified atom stereocenters. The Hall–Kier alpha value is -1.78. The number of nitrogens with zero attached hydrogens (tertiary/aromatic N) is 1. The largest absolute Gasteiger partial charge is 0.473 e. The van der Waals surface area contributed by atoms with Crippen molar-refractivity contribution < 1.29 is 4.74 Å². The van der Waals surface area contributed by atoms with Crippen molar-refractivity contribution in [2.24, 2.45) is 0 Å². The molecule has 0 aromatic carbocycles. The SMILES string of the molecule is C=C1CCC(C)(n2ccc(=O)[nH]c2=O)O1. The fraction of sp³-hybridized carbons (Fsp3) is 0.400. The second-order valence-corrected chi connectivity index (χ2v) is 3.80. The highest BCUT2D eigenvalue weighted by Gasteiger charge is 2.35. The van der Waals surface area contributed by atoms with Crippen LogP contribution in [0, 0.1) is 0 Å². The molecule has 2 rings (SSSR count). The van der Waals surface area contributed by atoms with Crippen molar-refractivity contribution in [1.82, 2.24) is 9.55 Å². The maximum absolute atomic E-state index is 11.5. The average Bonchev–Trinajstić information content (AvgIpc) is 2.46. The van der Waals surface area contributed by atoms with Crippen molar-refractivity contribution in [3.63, 3.8) is 0 Å². The van der Waals surface area contributed by atoms with E-state index in [0.29, 0.717) is 12.2 Å². The zero-order valence-corrected chi connectivity index (χ0v) is 8.45. The Balaban J connectivity index is 2.50. The van der Waals surface area contributed by atoms with Crippen LogP contribution in [-0.4, -0.2) is 9.55 Å². The number of rotatable bonds is 1. The molecule has 1 N–H and O–H groups in total. The van der Waals surface area contributed by atoms with Crippen molar-refractivity contribution in [1.29, 1.82) is 0 Å². The zero-order chi connectivity index (χ0) is 11.1. The van der Waals surface area contributed by atoms with E-state index in [4.69, 9.17) is 4.74 Å². The number of aromatic nitrogens is 2. The van der Waals surface area contributed by atoms with Crippen molar-refractivity contribution in [3.05, 3.63) is 45.4 Å². The number of hydrogen-bond acceptors (Lipinski definition) is 3. The van der Waals surface area contributed by atoms with Gasteiger partial charge in [0, 0.05) is 25.1 Å². The van der Waals surface area contributed by atoms with Gasteiger partial charge in [-0.05, 0) is 6.92 Å². The number of nitrogens with one attached hydrogen (secondary N) is 1. The van der Waals surface area contributed by atoms with Gasteiger partial charge >= 0.3 is 5.69 Å². The van der Waals surface area contributed by atoms with Gasteiger partial charge in [-0.15, -0.1) is 0 Å². The number of allylic oxidation sites excluding steroid dienone is 1. The minimum absolute atomic E-state index is 0.406. The molecule has 1 saturated heterocycles. The fourth-order valence-corrected chi connectivity index (χ4v) is 1.74. The van der Waals surface area contributed by atoms with Gasteiger partial charge in [-0.1, -0.05) is 6.58 Å². The fourth-order valence-electron chi connectivity index (χ4n) is 1.74. The van der Waals surface area contributed by atoms with Crippen molar-refractivity contribution in [2.45, 2.75) is 25.5 Å². The highest BCUT2D eigenvalue weighted by Crippen LogP contribution is 2.34. The number of aromatic amines is 1. The lowest BCUT2D eigenvalue weighted by Crippen LogP contribution is -2.41. The van der Waals surface area contributed by atoms with Gasteiger partial charge in [0.2, 0.25) is 0 Å². The minimum atomic E-state index is -0.724. The molecule has 1 fully saturated rings. The van der Waals surface area contributed by atoms with Gasteiger partial charge in [-0.2, -0.15) is 0 Å². The summed E-state index contributed by atoms with van der Waals surface area (Å²) in [4.78, 5) is 24.6. The van der Waals surface area contributed by atoms with Gasteiger partial charge in [-0.3, -0.25) is 14.3 Å². The molecule has 15 heavy (non-hydrogen) atoms. The lowest BCUT2D eigenvalue weighted by molar-refractivity contribution is -0.0190. The standard InChI is InChI=1S/C10H12N2O3/c1-7-3-5-10(2,15-7)12-6-4-8(13)11-9(12)14/h4,6H,1,3,5H2,2H3,(H,11,13,14). The zero-order valence-electron chi connectivity index (χ0n) is 8.45. The van der Waals surface area contributed by atoms with E-state index in [1.165, 1.54) is 16.8 Å². The summed E-state index contributed by atoms with van der Waals surface area (Å²) in [6.45, 7) is 5.51. The third kappa shape index (κ3) is 1.60. The smallest absolute Gasteiger partial charge is 0.331 e. The first-order chi connectivity index (χ1) is 7.01. The van der Waals surface area contributed by atoms with E-state index in [1.807, 2.05) is 0 Å². The molecular formula is C10H12N2O3. The van der Waals surface area contributed by atoms with Gasteiger partial charge < -0.3 is 4.74 Å². The predicted molar refractivity (Wildman–Crippen MR) is 54.4 cm³/mol. The van der Waals surface area contributed by atoms with Gasteiger partial charge in [0.25, 0.3) is 5.56 Å². The molecule has 5 nitrogen and oxygen atoms in total. The van der Waals surface area contributed by atoms with Gasteiger partial charge in [0.05, 0.1) is 5.76 Å². The molecule has 1 aliphatic heterocycles. The molecule has 0 saturated carbocycles. The van der Waals surface area contributed by atoms with E-state index in [2.05, 4.69) is 11.6 Å². The predicted octanol–water partition coefficient (Wildman–Crippen LogP) is 0.533. The first kappa shape index (κ1) is 9.76. The molecule has 0 radical (unpaired) electrons. The monoisotopic (exact) mass is 208 g/mol. The van der Waals surface area contributed by atoms with Crippen LogP contribution in [0.2, 0.25) is 0 Å². The molecule has 0 aliphatic carbocycles. The van der Waals surface area contributed by atoms with Crippen molar-refractivity contribution >= 4 is 0 Å². The Morgan fingerprint density at radius 3 is 2.87 bits per heavy atom. The third-order valence-corrected chi connectivity index (χ3v) is 2.57.